The van der Waals surface area contributed by atoms with E-state index in [2.05, 4.69) is 25.9 Å². The fourth-order valence-electron chi connectivity index (χ4n) is 4.29. The van der Waals surface area contributed by atoms with Crippen molar-refractivity contribution in [3.8, 4) is 0 Å². The second-order valence-corrected chi connectivity index (χ2v) is 10.3. The number of carboxylic acids is 1. The average molecular weight is 480 g/mol. The van der Waals surface area contributed by atoms with Crippen molar-refractivity contribution in [3.63, 3.8) is 0 Å². The van der Waals surface area contributed by atoms with Gasteiger partial charge in [0.05, 0.1) is 0 Å². The first-order valence-corrected chi connectivity index (χ1v) is 12.3. The minimum absolute atomic E-state index is 0.0202. The molecule has 11 nitrogen and oxygen atoms in total. The van der Waals surface area contributed by atoms with Crippen LogP contribution in [0.2, 0.25) is 0 Å². The number of nitrogens with two attached hydrogens (primary N) is 1. The van der Waals surface area contributed by atoms with E-state index in [4.69, 9.17) is 5.73 Å². The second-order valence-electron chi connectivity index (χ2n) is 7.88. The number of carbonyl (C=O) groups is 3. The zero-order valence-electron chi connectivity index (χ0n) is 17.5. The summed E-state index contributed by atoms with van der Waals surface area (Å²) in [6.45, 7) is 2.30. The molecule has 0 spiro atoms. The molecule has 172 valence electrons. The number of nitrogens with one attached hydrogen (secondary N) is 2. The van der Waals surface area contributed by atoms with Gasteiger partial charge in [0.15, 0.2) is 0 Å². The van der Waals surface area contributed by atoms with Crippen LogP contribution in [0.5, 0.6) is 0 Å². The number of aromatic amines is 1. The normalized spacial score (nSPS) is 24.2. The molecule has 4 rings (SSSR count). The Hall–Kier alpha value is -2.38. The van der Waals surface area contributed by atoms with E-state index in [1.807, 2.05) is 6.92 Å². The van der Waals surface area contributed by atoms with Crippen LogP contribution in [0, 0.1) is 0 Å². The summed E-state index contributed by atoms with van der Waals surface area (Å²) in [7, 11) is 0. The molecule has 2 unspecified atom stereocenters. The molecule has 0 radical (unpaired) electrons. The van der Waals surface area contributed by atoms with E-state index in [1.165, 1.54) is 28.4 Å². The smallest absolute Gasteiger partial charge is 0.352 e. The van der Waals surface area contributed by atoms with Gasteiger partial charge in [-0.3, -0.25) is 14.5 Å². The van der Waals surface area contributed by atoms with Gasteiger partial charge < -0.3 is 16.2 Å². The SMILES string of the molecule is CC(Sc1nn[nH]n1)C1=C(C(=O)O)N2C(=O)C(NC(=O)CC3=C(CN)CCCC3)[C@H]2SC1. The fraction of sp³-hybridized carbons (Fsp3) is 0.579. The summed E-state index contributed by atoms with van der Waals surface area (Å²) in [6.07, 6.45) is 4.13. The third-order valence-electron chi connectivity index (χ3n) is 5.94. The Morgan fingerprint density at radius 2 is 2.12 bits per heavy atom. The van der Waals surface area contributed by atoms with Crippen LogP contribution in [-0.4, -0.2) is 77.4 Å². The zero-order valence-corrected chi connectivity index (χ0v) is 19.2. The van der Waals surface area contributed by atoms with Gasteiger partial charge in [-0.2, -0.15) is 5.21 Å². The molecule has 1 saturated heterocycles. The van der Waals surface area contributed by atoms with Gasteiger partial charge in [-0.25, -0.2) is 4.79 Å². The zero-order chi connectivity index (χ0) is 22.8. The maximum absolute atomic E-state index is 12.9. The Labute approximate surface area is 193 Å². The number of rotatable bonds is 8. The van der Waals surface area contributed by atoms with Crippen molar-refractivity contribution in [2.45, 2.75) is 60.8 Å². The van der Waals surface area contributed by atoms with E-state index in [-0.39, 0.29) is 23.3 Å². The first kappa shape index (κ1) is 22.8. The number of aromatic nitrogens is 4. The standard InChI is InChI=1S/C19H25N7O4S2/c1-9(32-19-22-24-25-23-19)12-8-31-17-14(16(28)26(17)15(12)18(29)30)21-13(27)6-10-4-2-3-5-11(10)7-20/h9,14,17H,2-8,20H2,1H3,(H,21,27)(H,29,30)(H,22,23,24,25)/t9?,14?,17-/m1/s1. The predicted octanol–water partition coefficient (Wildman–Crippen LogP) is 0.638. The number of hydrogen-bond acceptors (Lipinski definition) is 9. The number of carbonyl (C=O) groups excluding carboxylic acids is 2. The Bertz CT molecular complexity index is 978. The molecule has 1 aromatic heterocycles. The van der Waals surface area contributed by atoms with Crippen molar-refractivity contribution < 1.29 is 19.5 Å². The molecule has 32 heavy (non-hydrogen) atoms. The number of aliphatic carboxylic acids is 1. The minimum atomic E-state index is -1.16. The lowest BCUT2D eigenvalue weighted by atomic mass is 9.89. The molecular weight excluding hydrogens is 454 g/mol. The van der Waals surface area contributed by atoms with Crippen molar-refractivity contribution in [1.82, 2.24) is 30.8 Å². The van der Waals surface area contributed by atoms with Gasteiger partial charge in [-0.05, 0) is 43.4 Å². The molecule has 2 amide bonds. The molecule has 5 N–H and O–H groups in total. The molecule has 0 aromatic carbocycles. The lowest BCUT2D eigenvalue weighted by molar-refractivity contribution is -0.150. The summed E-state index contributed by atoms with van der Waals surface area (Å²) in [5, 5.41) is 26.0. The van der Waals surface area contributed by atoms with Crippen LogP contribution in [0.25, 0.3) is 0 Å². The van der Waals surface area contributed by atoms with Gasteiger partial charge >= 0.3 is 5.97 Å². The number of tetrazole rings is 1. The molecule has 13 heteroatoms. The highest BCUT2D eigenvalue weighted by atomic mass is 32.2. The van der Waals surface area contributed by atoms with Crippen LogP contribution >= 0.6 is 23.5 Å². The Kier molecular flexibility index (Phi) is 6.86. The van der Waals surface area contributed by atoms with Crippen LogP contribution in [-0.2, 0) is 14.4 Å². The van der Waals surface area contributed by atoms with Crippen LogP contribution in [0.3, 0.4) is 0 Å². The fourth-order valence-corrected chi connectivity index (χ4v) is 6.71. The molecule has 0 saturated carbocycles. The second kappa shape index (κ2) is 9.63. The van der Waals surface area contributed by atoms with E-state index >= 15 is 0 Å². The lowest BCUT2D eigenvalue weighted by Gasteiger charge is -2.50. The number of hydrogen-bond donors (Lipinski definition) is 4. The first-order chi connectivity index (χ1) is 15.4. The molecule has 3 heterocycles. The van der Waals surface area contributed by atoms with E-state index in [0.29, 0.717) is 23.0 Å². The largest absolute Gasteiger partial charge is 0.477 e. The van der Waals surface area contributed by atoms with Crippen molar-refractivity contribution in [3.05, 3.63) is 22.4 Å². The van der Waals surface area contributed by atoms with Crippen molar-refractivity contribution in [2.24, 2.45) is 5.73 Å². The number of thioether (sulfide) groups is 2. The highest BCUT2D eigenvalue weighted by Crippen LogP contribution is 2.43. The van der Waals surface area contributed by atoms with Gasteiger partial charge in [0.2, 0.25) is 11.1 Å². The third kappa shape index (κ3) is 4.41. The molecular formula is C19H25N7O4S2. The molecule has 1 aliphatic carbocycles. The summed E-state index contributed by atoms with van der Waals surface area (Å²) < 4.78 is 0. The number of fused-ring (bicyclic) bond motifs is 1. The Balaban J connectivity index is 1.45. The maximum Gasteiger partial charge on any atom is 0.352 e. The van der Waals surface area contributed by atoms with Gasteiger partial charge in [0.25, 0.3) is 5.91 Å². The third-order valence-corrected chi connectivity index (χ3v) is 8.27. The molecule has 2 aliphatic heterocycles. The highest BCUT2D eigenvalue weighted by molar-refractivity contribution is 8.01. The quantitative estimate of drug-likeness (QED) is 0.236. The maximum atomic E-state index is 12.9. The van der Waals surface area contributed by atoms with Crippen LogP contribution in [0.1, 0.15) is 39.0 Å². The predicted molar refractivity (Wildman–Crippen MR) is 118 cm³/mol. The van der Waals surface area contributed by atoms with Gasteiger partial charge in [0, 0.05) is 24.0 Å². The molecule has 0 bridgehead atoms. The molecule has 1 aromatic rings. The number of amides is 2. The Morgan fingerprint density at radius 3 is 2.78 bits per heavy atom. The molecule has 3 aliphatic rings. The summed E-state index contributed by atoms with van der Waals surface area (Å²) in [5.41, 5.74) is 8.61. The number of nitrogens with zero attached hydrogens (tertiary/aromatic N) is 4. The van der Waals surface area contributed by atoms with Crippen LogP contribution < -0.4 is 11.1 Å². The van der Waals surface area contributed by atoms with E-state index in [1.54, 1.807) is 0 Å². The number of β-lactam (4-membered cyclic amide) rings is 1. The summed E-state index contributed by atoms with van der Waals surface area (Å²) in [5.74, 6) is -1.36. The average Bonchev–Trinajstić information content (AvgIpc) is 3.29. The lowest BCUT2D eigenvalue weighted by Crippen LogP contribution is -2.70. The first-order valence-electron chi connectivity index (χ1n) is 10.4. The minimum Gasteiger partial charge on any atom is -0.477 e. The van der Waals surface area contributed by atoms with Crippen LogP contribution in [0.4, 0.5) is 0 Å². The number of carboxylic acid groups (broad SMARTS) is 1. The van der Waals surface area contributed by atoms with E-state index < -0.39 is 23.3 Å². The van der Waals surface area contributed by atoms with Crippen molar-refractivity contribution in [2.75, 3.05) is 12.3 Å². The molecule has 3 atom stereocenters. The number of H-pyrrole nitrogens is 1. The van der Waals surface area contributed by atoms with Gasteiger partial charge in [-0.1, -0.05) is 22.9 Å². The highest BCUT2D eigenvalue weighted by Gasteiger charge is 2.54. The summed E-state index contributed by atoms with van der Waals surface area (Å²) in [4.78, 5) is 38.8. The summed E-state index contributed by atoms with van der Waals surface area (Å²) >= 11 is 2.71. The van der Waals surface area contributed by atoms with Crippen molar-refractivity contribution >= 4 is 41.3 Å². The van der Waals surface area contributed by atoms with Crippen LogP contribution in [0.15, 0.2) is 27.6 Å². The topological polar surface area (TPSA) is 167 Å². The Morgan fingerprint density at radius 1 is 1.38 bits per heavy atom. The molecule has 1 fully saturated rings. The summed E-state index contributed by atoms with van der Waals surface area (Å²) in [6, 6.07) is -0.728. The van der Waals surface area contributed by atoms with Gasteiger partial charge in [-0.15, -0.1) is 22.0 Å². The monoisotopic (exact) mass is 479 g/mol. The van der Waals surface area contributed by atoms with E-state index in [0.717, 1.165) is 36.8 Å². The van der Waals surface area contributed by atoms with E-state index in [9.17, 15) is 19.5 Å². The van der Waals surface area contributed by atoms with Gasteiger partial charge in [0.1, 0.15) is 17.1 Å². The van der Waals surface area contributed by atoms with Crippen molar-refractivity contribution in [1.29, 1.82) is 0 Å².